The van der Waals surface area contributed by atoms with E-state index in [1.54, 1.807) is 5.57 Å². The van der Waals surface area contributed by atoms with E-state index in [4.69, 9.17) is 4.74 Å². The summed E-state index contributed by atoms with van der Waals surface area (Å²) in [4.78, 5) is 12.3. The molecule has 0 aromatic carbocycles. The molecule has 3 nitrogen and oxygen atoms in total. The molecular weight excluding hydrogens is 444 g/mol. The van der Waals surface area contributed by atoms with Crippen molar-refractivity contribution >= 4 is 5.97 Å². The molecule has 5 aliphatic rings. The molecule has 5 rings (SSSR count). The molecule has 4 fully saturated rings. The van der Waals surface area contributed by atoms with Crippen LogP contribution in [0.25, 0.3) is 0 Å². The summed E-state index contributed by atoms with van der Waals surface area (Å²) in [5.74, 6) is 1.21. The fraction of sp³-hybridized carbons (Fsp3) is 0.909. The predicted octanol–water partition coefficient (Wildman–Crippen LogP) is 8.67. The van der Waals surface area contributed by atoms with Crippen molar-refractivity contribution in [3.8, 4) is 0 Å². The van der Waals surface area contributed by atoms with E-state index in [9.17, 15) is 9.90 Å². The van der Waals surface area contributed by atoms with Crippen molar-refractivity contribution in [2.45, 2.75) is 139 Å². The molecule has 0 aliphatic heterocycles. The second-order valence-corrected chi connectivity index (χ2v) is 16.1. The summed E-state index contributed by atoms with van der Waals surface area (Å²) >= 11 is 0. The van der Waals surface area contributed by atoms with Crippen LogP contribution in [0.2, 0.25) is 0 Å². The molecule has 9 atom stereocenters. The number of carboxylic acids is 1. The summed E-state index contributed by atoms with van der Waals surface area (Å²) in [6.45, 7) is 21.8. The summed E-state index contributed by atoms with van der Waals surface area (Å²) < 4.78 is 6.52. The Bertz CT molecular complexity index is 949. The van der Waals surface area contributed by atoms with Crippen molar-refractivity contribution in [1.29, 1.82) is 0 Å². The molecule has 204 valence electrons. The lowest BCUT2D eigenvalue weighted by atomic mass is 9.33. The van der Waals surface area contributed by atoms with Gasteiger partial charge in [-0.25, -0.2) is 0 Å². The second-order valence-electron chi connectivity index (χ2n) is 16.1. The zero-order valence-electron chi connectivity index (χ0n) is 24.8. The molecule has 0 radical (unpaired) electrons. The quantitative estimate of drug-likeness (QED) is 0.396. The van der Waals surface area contributed by atoms with E-state index in [0.29, 0.717) is 29.3 Å². The van der Waals surface area contributed by atoms with Gasteiger partial charge in [0.1, 0.15) is 0 Å². The van der Waals surface area contributed by atoms with E-state index >= 15 is 0 Å². The number of allylic oxidation sites excluding steroid dienone is 2. The predicted molar refractivity (Wildman–Crippen MR) is 147 cm³/mol. The SMILES string of the molecule is CC(C)O[C@H]1CC[C@@]2(C)C(CC[C@]3(C)C2CC=C2C4C[C@@](C)(C(=O)O)CC[C@]4(C)CC[C@]23C)C1(C)C. The van der Waals surface area contributed by atoms with E-state index in [1.807, 2.05) is 6.92 Å². The molecule has 0 spiro atoms. The van der Waals surface area contributed by atoms with Crippen LogP contribution in [0.5, 0.6) is 0 Å². The maximum Gasteiger partial charge on any atom is 0.309 e. The number of carbonyl (C=O) groups is 1. The molecule has 0 aromatic rings. The topological polar surface area (TPSA) is 46.5 Å². The van der Waals surface area contributed by atoms with E-state index in [1.165, 1.54) is 44.9 Å². The van der Waals surface area contributed by atoms with Crippen LogP contribution in [-0.2, 0) is 9.53 Å². The van der Waals surface area contributed by atoms with Gasteiger partial charge in [-0.05, 0) is 130 Å². The third kappa shape index (κ3) is 3.42. The normalized spacial score (nSPS) is 51.9. The Labute approximate surface area is 221 Å². The van der Waals surface area contributed by atoms with Crippen LogP contribution in [-0.4, -0.2) is 23.3 Å². The van der Waals surface area contributed by atoms with Gasteiger partial charge in [-0.15, -0.1) is 0 Å². The van der Waals surface area contributed by atoms with Crippen molar-refractivity contribution in [2.75, 3.05) is 0 Å². The summed E-state index contributed by atoms with van der Waals surface area (Å²) in [5, 5.41) is 10.1. The molecule has 3 unspecified atom stereocenters. The van der Waals surface area contributed by atoms with Crippen LogP contribution in [0.15, 0.2) is 11.6 Å². The fourth-order valence-electron chi connectivity index (χ4n) is 11.1. The molecule has 0 saturated heterocycles. The van der Waals surface area contributed by atoms with E-state index in [2.05, 4.69) is 61.5 Å². The molecule has 1 N–H and O–H groups in total. The third-order valence-electron chi connectivity index (χ3n) is 13.7. The number of fused-ring (bicyclic) bond motifs is 7. The lowest BCUT2D eigenvalue weighted by Crippen LogP contribution is -2.64. The van der Waals surface area contributed by atoms with Gasteiger partial charge >= 0.3 is 5.97 Å². The van der Waals surface area contributed by atoms with Crippen molar-refractivity contribution in [2.24, 2.45) is 50.2 Å². The van der Waals surface area contributed by atoms with Gasteiger partial charge in [0.2, 0.25) is 0 Å². The smallest absolute Gasteiger partial charge is 0.309 e. The zero-order valence-corrected chi connectivity index (χ0v) is 24.8. The lowest BCUT2D eigenvalue weighted by molar-refractivity contribution is -0.216. The molecule has 36 heavy (non-hydrogen) atoms. The standard InChI is InChI=1S/C33H54O3/c1-21(2)36-26-13-14-31(7)24(28(26,3)4)12-15-33(9)25(31)11-10-22-23-20-30(6,27(34)35)17-16-29(23,5)18-19-32(22,33)8/h10,21,23-26H,11-20H2,1-9H3,(H,34,35)/t23?,24?,25?,26-,29+,30-,31-,32+,33+/m0/s1. The molecule has 0 heterocycles. The van der Waals surface area contributed by atoms with Gasteiger partial charge < -0.3 is 9.84 Å². The van der Waals surface area contributed by atoms with Crippen LogP contribution in [0.1, 0.15) is 127 Å². The number of hydrogen-bond donors (Lipinski definition) is 1. The van der Waals surface area contributed by atoms with E-state index < -0.39 is 11.4 Å². The third-order valence-corrected chi connectivity index (χ3v) is 13.7. The Morgan fingerprint density at radius 3 is 2.22 bits per heavy atom. The average Bonchev–Trinajstić information content (AvgIpc) is 2.77. The van der Waals surface area contributed by atoms with Crippen molar-refractivity contribution in [3.05, 3.63) is 11.6 Å². The van der Waals surface area contributed by atoms with Crippen molar-refractivity contribution < 1.29 is 14.6 Å². The Kier molecular flexibility index (Phi) is 6.01. The second kappa shape index (κ2) is 8.09. The van der Waals surface area contributed by atoms with Crippen LogP contribution >= 0.6 is 0 Å². The minimum absolute atomic E-state index is 0.181. The lowest BCUT2D eigenvalue weighted by Gasteiger charge is -2.71. The van der Waals surface area contributed by atoms with Gasteiger partial charge in [0.25, 0.3) is 0 Å². The van der Waals surface area contributed by atoms with Gasteiger partial charge in [-0.2, -0.15) is 0 Å². The molecular formula is C33H54O3. The van der Waals surface area contributed by atoms with Gasteiger partial charge in [-0.3, -0.25) is 4.79 Å². The van der Waals surface area contributed by atoms with Crippen LogP contribution in [0.3, 0.4) is 0 Å². The maximum atomic E-state index is 12.3. The van der Waals surface area contributed by atoms with Crippen LogP contribution < -0.4 is 0 Å². The summed E-state index contributed by atoms with van der Waals surface area (Å²) in [6.07, 6.45) is 14.8. The van der Waals surface area contributed by atoms with Gasteiger partial charge in [0.15, 0.2) is 0 Å². The number of rotatable bonds is 3. The zero-order chi connectivity index (χ0) is 26.5. The van der Waals surface area contributed by atoms with Gasteiger partial charge in [0.05, 0.1) is 17.6 Å². The molecule has 0 aromatic heterocycles. The highest BCUT2D eigenvalue weighted by molar-refractivity contribution is 5.74. The van der Waals surface area contributed by atoms with Crippen molar-refractivity contribution in [1.82, 2.24) is 0 Å². The monoisotopic (exact) mass is 498 g/mol. The Hall–Kier alpha value is -0.830. The molecule has 0 amide bonds. The highest BCUT2D eigenvalue weighted by Crippen LogP contribution is 2.75. The fourth-order valence-corrected chi connectivity index (χ4v) is 11.1. The molecule has 3 heteroatoms. The maximum absolute atomic E-state index is 12.3. The average molecular weight is 499 g/mol. The van der Waals surface area contributed by atoms with Gasteiger partial charge in [0, 0.05) is 0 Å². The highest BCUT2D eigenvalue weighted by Gasteiger charge is 2.68. The number of aliphatic carboxylic acids is 1. The Morgan fingerprint density at radius 2 is 1.58 bits per heavy atom. The number of carboxylic acid groups (broad SMARTS) is 1. The van der Waals surface area contributed by atoms with Crippen LogP contribution in [0, 0.1) is 50.2 Å². The summed E-state index contributed by atoms with van der Waals surface area (Å²) in [6, 6.07) is 0. The van der Waals surface area contributed by atoms with Crippen molar-refractivity contribution in [3.63, 3.8) is 0 Å². The van der Waals surface area contributed by atoms with E-state index in [-0.39, 0.29) is 27.8 Å². The Morgan fingerprint density at radius 1 is 0.917 bits per heavy atom. The first-order valence-electron chi connectivity index (χ1n) is 15.1. The molecule has 4 saturated carbocycles. The molecule has 5 aliphatic carbocycles. The van der Waals surface area contributed by atoms with Crippen LogP contribution in [0.4, 0.5) is 0 Å². The summed E-state index contributed by atoms with van der Waals surface area (Å²) in [7, 11) is 0. The van der Waals surface area contributed by atoms with E-state index in [0.717, 1.165) is 19.3 Å². The first kappa shape index (κ1) is 26.8. The first-order valence-corrected chi connectivity index (χ1v) is 15.1. The summed E-state index contributed by atoms with van der Waals surface area (Å²) in [5.41, 5.74) is 2.33. The highest BCUT2D eigenvalue weighted by atomic mass is 16.5. The first-order chi connectivity index (χ1) is 16.5. The largest absolute Gasteiger partial charge is 0.481 e. The number of hydrogen-bond acceptors (Lipinski definition) is 2. The Balaban J connectivity index is 1.52. The minimum atomic E-state index is -0.590. The number of ether oxygens (including phenoxy) is 1. The van der Waals surface area contributed by atoms with Gasteiger partial charge in [-0.1, -0.05) is 53.2 Å². The minimum Gasteiger partial charge on any atom is -0.481 e. The molecule has 0 bridgehead atoms.